The monoisotopic (exact) mass is 317 g/mol. The average molecular weight is 317 g/mol. The number of hydrogen-bond acceptors (Lipinski definition) is 2. The molecule has 1 N–H and O–H groups in total. The lowest BCUT2D eigenvalue weighted by Gasteiger charge is -2.05. The molecule has 0 heterocycles. The highest BCUT2D eigenvalue weighted by Crippen LogP contribution is 2.09. The normalized spacial score (nSPS) is 10.3. The lowest BCUT2D eigenvalue weighted by Crippen LogP contribution is -2.22. The fraction of sp³-hybridized carbons (Fsp3) is 0.222. The first-order chi connectivity index (χ1) is 11.0. The average Bonchev–Trinajstić information content (AvgIpc) is 2.55. The van der Waals surface area contributed by atoms with Gasteiger partial charge in [0.1, 0.15) is 11.6 Å². The van der Waals surface area contributed by atoms with Gasteiger partial charge in [0, 0.05) is 24.9 Å². The highest BCUT2D eigenvalue weighted by Gasteiger charge is 2.08. The van der Waals surface area contributed by atoms with Gasteiger partial charge in [-0.15, -0.1) is 0 Å². The van der Waals surface area contributed by atoms with Crippen LogP contribution in [0.4, 0.5) is 8.78 Å². The first-order valence-corrected chi connectivity index (χ1v) is 7.34. The molecule has 0 aliphatic carbocycles. The third-order valence-corrected chi connectivity index (χ3v) is 3.38. The molecule has 1 amide bonds. The number of ketones is 1. The molecule has 0 aromatic heterocycles. The molecule has 0 aliphatic heterocycles. The first-order valence-electron chi connectivity index (χ1n) is 7.34. The molecule has 0 unspecified atom stereocenters. The molecule has 0 spiro atoms. The Hall–Kier alpha value is -2.56. The van der Waals surface area contributed by atoms with Gasteiger partial charge in [-0.3, -0.25) is 9.59 Å². The SMILES string of the molecule is O=C(CCCC(=O)c1ccc(F)cc1)NCc1ccc(F)cc1. The minimum absolute atomic E-state index is 0.115. The summed E-state index contributed by atoms with van der Waals surface area (Å²) in [5.74, 6) is -0.987. The molecule has 120 valence electrons. The van der Waals surface area contributed by atoms with E-state index in [4.69, 9.17) is 0 Å². The van der Waals surface area contributed by atoms with E-state index in [2.05, 4.69) is 5.32 Å². The summed E-state index contributed by atoms with van der Waals surface area (Å²) in [5.41, 5.74) is 1.25. The second-order valence-electron chi connectivity index (χ2n) is 5.19. The Morgan fingerprint density at radius 2 is 1.39 bits per heavy atom. The van der Waals surface area contributed by atoms with Crippen LogP contribution in [0.1, 0.15) is 35.2 Å². The summed E-state index contributed by atoms with van der Waals surface area (Å²) in [6, 6.07) is 11.2. The molecule has 3 nitrogen and oxygen atoms in total. The summed E-state index contributed by atoms with van der Waals surface area (Å²) in [6.45, 7) is 0.324. The summed E-state index contributed by atoms with van der Waals surface area (Å²) in [6.07, 6.45) is 0.884. The second-order valence-corrected chi connectivity index (χ2v) is 5.19. The summed E-state index contributed by atoms with van der Waals surface area (Å²) in [4.78, 5) is 23.6. The molecule has 2 aromatic carbocycles. The molecule has 0 atom stereocenters. The standard InChI is InChI=1S/C18H17F2NO2/c19-15-8-4-13(5-9-15)12-21-18(23)3-1-2-17(22)14-6-10-16(20)11-7-14/h4-11H,1-3,12H2,(H,21,23). The van der Waals surface area contributed by atoms with Crippen LogP contribution < -0.4 is 5.32 Å². The summed E-state index contributed by atoms with van der Waals surface area (Å²) < 4.78 is 25.5. The van der Waals surface area contributed by atoms with E-state index in [-0.39, 0.29) is 36.2 Å². The van der Waals surface area contributed by atoms with E-state index in [0.29, 0.717) is 18.5 Å². The van der Waals surface area contributed by atoms with E-state index in [0.717, 1.165) is 5.56 Å². The number of Topliss-reactive ketones (excluding diaryl/α,β-unsaturated/α-hetero) is 1. The second kappa shape index (κ2) is 8.17. The Morgan fingerprint density at radius 3 is 2.00 bits per heavy atom. The van der Waals surface area contributed by atoms with E-state index in [9.17, 15) is 18.4 Å². The van der Waals surface area contributed by atoms with Gasteiger partial charge in [0.15, 0.2) is 5.78 Å². The van der Waals surface area contributed by atoms with E-state index < -0.39 is 0 Å². The Balaban J connectivity index is 1.69. The maximum Gasteiger partial charge on any atom is 0.220 e. The van der Waals surface area contributed by atoms with Gasteiger partial charge < -0.3 is 5.32 Å². The van der Waals surface area contributed by atoms with Crippen LogP contribution in [-0.2, 0) is 11.3 Å². The number of rotatable bonds is 7. The van der Waals surface area contributed by atoms with E-state index in [1.54, 1.807) is 12.1 Å². The summed E-state index contributed by atoms with van der Waals surface area (Å²) >= 11 is 0. The molecule has 2 aromatic rings. The molecule has 23 heavy (non-hydrogen) atoms. The van der Waals surface area contributed by atoms with Gasteiger partial charge in [0.05, 0.1) is 0 Å². The molecular weight excluding hydrogens is 300 g/mol. The highest BCUT2D eigenvalue weighted by molar-refractivity contribution is 5.96. The first kappa shape index (κ1) is 16.8. The van der Waals surface area contributed by atoms with Crippen molar-refractivity contribution in [2.45, 2.75) is 25.8 Å². The highest BCUT2D eigenvalue weighted by atomic mass is 19.1. The molecule has 0 aliphatic rings. The van der Waals surface area contributed by atoms with Crippen LogP contribution in [-0.4, -0.2) is 11.7 Å². The van der Waals surface area contributed by atoms with Crippen LogP contribution in [0.3, 0.4) is 0 Å². The lowest BCUT2D eigenvalue weighted by atomic mass is 10.1. The van der Waals surface area contributed by atoms with Crippen molar-refractivity contribution in [3.63, 3.8) is 0 Å². The van der Waals surface area contributed by atoms with Gasteiger partial charge in [-0.25, -0.2) is 8.78 Å². The molecule has 5 heteroatoms. The Labute approximate surface area is 133 Å². The minimum Gasteiger partial charge on any atom is -0.352 e. The zero-order valence-electron chi connectivity index (χ0n) is 12.5. The van der Waals surface area contributed by atoms with Crippen molar-refractivity contribution >= 4 is 11.7 Å². The van der Waals surface area contributed by atoms with Gasteiger partial charge >= 0.3 is 0 Å². The Kier molecular flexibility index (Phi) is 5.97. The van der Waals surface area contributed by atoms with Crippen LogP contribution >= 0.6 is 0 Å². The number of amides is 1. The molecule has 0 saturated carbocycles. The van der Waals surface area contributed by atoms with Gasteiger partial charge in [-0.05, 0) is 48.4 Å². The van der Waals surface area contributed by atoms with Crippen LogP contribution in [0.2, 0.25) is 0 Å². The van der Waals surface area contributed by atoms with Crippen molar-refractivity contribution in [3.8, 4) is 0 Å². The zero-order valence-corrected chi connectivity index (χ0v) is 12.5. The summed E-state index contributed by atoms with van der Waals surface area (Å²) in [5, 5.41) is 2.72. The van der Waals surface area contributed by atoms with E-state index in [1.807, 2.05) is 0 Å². The van der Waals surface area contributed by atoms with Gasteiger partial charge in [0.2, 0.25) is 5.91 Å². The van der Waals surface area contributed by atoms with Crippen molar-refractivity contribution in [3.05, 3.63) is 71.3 Å². The van der Waals surface area contributed by atoms with Gasteiger partial charge in [0.25, 0.3) is 0 Å². The molecule has 2 rings (SSSR count). The molecule has 0 fully saturated rings. The van der Waals surface area contributed by atoms with Gasteiger partial charge in [-0.2, -0.15) is 0 Å². The fourth-order valence-corrected chi connectivity index (χ4v) is 2.08. The molecule has 0 radical (unpaired) electrons. The number of hydrogen-bond donors (Lipinski definition) is 1. The number of benzene rings is 2. The van der Waals surface area contributed by atoms with Crippen molar-refractivity contribution in [2.75, 3.05) is 0 Å². The third-order valence-electron chi connectivity index (χ3n) is 3.38. The molecule has 0 bridgehead atoms. The van der Waals surface area contributed by atoms with E-state index in [1.165, 1.54) is 36.4 Å². The van der Waals surface area contributed by atoms with Crippen molar-refractivity contribution in [1.29, 1.82) is 0 Å². The number of carbonyl (C=O) groups excluding carboxylic acids is 2. The van der Waals surface area contributed by atoms with Gasteiger partial charge in [-0.1, -0.05) is 12.1 Å². The largest absolute Gasteiger partial charge is 0.352 e. The summed E-state index contributed by atoms with van der Waals surface area (Å²) in [7, 11) is 0. The zero-order chi connectivity index (χ0) is 16.7. The molecule has 0 saturated heterocycles. The van der Waals surface area contributed by atoms with Crippen molar-refractivity contribution in [1.82, 2.24) is 5.32 Å². The topological polar surface area (TPSA) is 46.2 Å². The third kappa shape index (κ3) is 5.62. The van der Waals surface area contributed by atoms with Crippen molar-refractivity contribution in [2.24, 2.45) is 0 Å². The Morgan fingerprint density at radius 1 is 0.826 bits per heavy atom. The maximum absolute atomic E-state index is 12.8. The van der Waals surface area contributed by atoms with Crippen LogP contribution in [0.25, 0.3) is 0 Å². The van der Waals surface area contributed by atoms with Crippen molar-refractivity contribution < 1.29 is 18.4 Å². The predicted octanol–water partition coefficient (Wildman–Crippen LogP) is 3.63. The fourth-order valence-electron chi connectivity index (χ4n) is 2.08. The lowest BCUT2D eigenvalue weighted by molar-refractivity contribution is -0.121. The number of nitrogens with one attached hydrogen (secondary N) is 1. The number of halogens is 2. The minimum atomic E-state index is -0.387. The smallest absolute Gasteiger partial charge is 0.220 e. The molecular formula is C18H17F2NO2. The van der Waals surface area contributed by atoms with E-state index >= 15 is 0 Å². The maximum atomic E-state index is 12.8. The number of carbonyl (C=O) groups is 2. The van der Waals surface area contributed by atoms with Crippen LogP contribution in [0, 0.1) is 11.6 Å². The quantitative estimate of drug-likeness (QED) is 0.793. The predicted molar refractivity (Wildman–Crippen MR) is 82.8 cm³/mol. The van der Waals surface area contributed by atoms with Crippen LogP contribution in [0.15, 0.2) is 48.5 Å². The van der Waals surface area contributed by atoms with Crippen LogP contribution in [0.5, 0.6) is 0 Å². The Bertz CT molecular complexity index is 666.